The van der Waals surface area contributed by atoms with Crippen LogP contribution < -0.4 is 14.4 Å². The highest BCUT2D eigenvalue weighted by Crippen LogP contribution is 2.33. The van der Waals surface area contributed by atoms with Crippen molar-refractivity contribution in [3.05, 3.63) is 78.8 Å². The molecule has 1 saturated heterocycles. The molecule has 0 aliphatic carbocycles. The number of anilines is 2. The monoisotopic (exact) mass is 608 g/mol. The van der Waals surface area contributed by atoms with Crippen LogP contribution in [-0.4, -0.2) is 73.2 Å². The Morgan fingerprint density at radius 1 is 0.953 bits per heavy atom. The number of nitrogens with zero attached hydrogens (tertiary/aromatic N) is 5. The van der Waals surface area contributed by atoms with Gasteiger partial charge in [0.1, 0.15) is 28.7 Å². The number of amides is 1. The van der Waals surface area contributed by atoms with Gasteiger partial charge in [-0.05, 0) is 48.9 Å². The van der Waals surface area contributed by atoms with Crippen molar-refractivity contribution in [2.45, 2.75) is 11.8 Å². The lowest BCUT2D eigenvalue weighted by molar-refractivity contribution is -0.126. The predicted molar refractivity (Wildman–Crippen MR) is 155 cm³/mol. The van der Waals surface area contributed by atoms with Gasteiger partial charge in [0.25, 0.3) is 10.0 Å². The molecule has 0 unspecified atom stereocenters. The summed E-state index contributed by atoms with van der Waals surface area (Å²) in [7, 11) is -3.14. The number of ether oxygens (including phenoxy) is 1. The highest BCUT2D eigenvalue weighted by molar-refractivity contribution is 7.92. The summed E-state index contributed by atoms with van der Waals surface area (Å²) in [5.41, 5.74) is 1.24. The van der Waals surface area contributed by atoms with E-state index < -0.39 is 27.3 Å². The number of allylic oxidation sites excluding steroid dienone is 1. The number of benzene rings is 2. The van der Waals surface area contributed by atoms with E-state index in [1.807, 2.05) is 11.0 Å². The molecule has 1 aliphatic rings. The van der Waals surface area contributed by atoms with Crippen LogP contribution in [0.3, 0.4) is 0 Å². The number of piperazine rings is 1. The number of ketones is 1. The predicted octanol–water partition coefficient (Wildman–Crippen LogP) is 3.57. The second-order valence-electron chi connectivity index (χ2n) is 9.65. The summed E-state index contributed by atoms with van der Waals surface area (Å²) >= 11 is 0. The number of methoxy groups -OCH3 is 1. The topological polar surface area (TPSA) is 135 Å². The number of rotatable bonds is 8. The standard InChI is InChI=1S/C29H26F2N6O5S/c1-18(38)3-8-27(39)36-9-11-37(12-10-36)28-22-13-19(4-6-24(22)33-17-34-28)20-14-26(29(42-2)32-16-20)43(40,41)35-25-7-5-21(30)15-23(25)31/h3-8,13-17,35H,9-12H2,1-2H3/b8-3+. The largest absolute Gasteiger partial charge is 0.480 e. The lowest BCUT2D eigenvalue weighted by Crippen LogP contribution is -2.48. The Balaban J connectivity index is 1.45. The number of sulfonamides is 1. The van der Waals surface area contributed by atoms with Gasteiger partial charge in [-0.15, -0.1) is 0 Å². The normalized spacial score (nSPS) is 13.9. The van der Waals surface area contributed by atoms with Crippen LogP contribution in [0.1, 0.15) is 6.92 Å². The second-order valence-corrected chi connectivity index (χ2v) is 11.3. The zero-order valence-corrected chi connectivity index (χ0v) is 23.9. The zero-order valence-electron chi connectivity index (χ0n) is 23.1. The first-order valence-electron chi connectivity index (χ1n) is 13.1. The fourth-order valence-corrected chi connectivity index (χ4v) is 5.83. The number of fused-ring (bicyclic) bond motifs is 1. The maximum absolute atomic E-state index is 14.2. The lowest BCUT2D eigenvalue weighted by Gasteiger charge is -2.35. The van der Waals surface area contributed by atoms with Crippen molar-refractivity contribution in [3.63, 3.8) is 0 Å². The Kier molecular flexibility index (Phi) is 8.30. The van der Waals surface area contributed by atoms with Crippen molar-refractivity contribution in [2.75, 3.05) is 42.9 Å². The first kappa shape index (κ1) is 29.5. The Bertz CT molecular complexity index is 1860. The minimum Gasteiger partial charge on any atom is -0.480 e. The van der Waals surface area contributed by atoms with Gasteiger partial charge in [-0.2, -0.15) is 0 Å². The Labute approximate surface area is 245 Å². The van der Waals surface area contributed by atoms with Crippen LogP contribution in [0.25, 0.3) is 22.0 Å². The highest BCUT2D eigenvalue weighted by atomic mass is 32.2. The van der Waals surface area contributed by atoms with Crippen molar-refractivity contribution in [3.8, 4) is 17.0 Å². The molecule has 4 aromatic rings. The van der Waals surface area contributed by atoms with E-state index in [4.69, 9.17) is 4.74 Å². The summed E-state index contributed by atoms with van der Waals surface area (Å²) in [6.45, 7) is 3.22. The zero-order chi connectivity index (χ0) is 30.7. The molecule has 11 nitrogen and oxygen atoms in total. The SMILES string of the molecule is COc1ncc(-c2ccc3ncnc(N4CCN(C(=O)/C=C/C(C)=O)CC4)c3c2)cc1S(=O)(=O)Nc1ccc(F)cc1F. The molecule has 0 spiro atoms. The van der Waals surface area contributed by atoms with Crippen molar-refractivity contribution >= 4 is 44.1 Å². The average molecular weight is 609 g/mol. The smallest absolute Gasteiger partial charge is 0.267 e. The van der Waals surface area contributed by atoms with Crippen LogP contribution in [0.15, 0.2) is 72.0 Å². The molecule has 43 heavy (non-hydrogen) atoms. The highest BCUT2D eigenvalue weighted by Gasteiger charge is 2.25. The molecule has 1 N–H and O–H groups in total. The Morgan fingerprint density at radius 2 is 1.72 bits per heavy atom. The van der Waals surface area contributed by atoms with Crippen LogP contribution in [0, 0.1) is 11.6 Å². The minimum atomic E-state index is -4.40. The quantitative estimate of drug-likeness (QED) is 0.298. The van der Waals surface area contributed by atoms with Gasteiger partial charge in [0.2, 0.25) is 11.8 Å². The number of nitrogens with one attached hydrogen (secondary N) is 1. The molecule has 1 amide bonds. The molecule has 0 radical (unpaired) electrons. The van der Waals surface area contributed by atoms with Crippen LogP contribution in [0.5, 0.6) is 5.88 Å². The molecule has 0 atom stereocenters. The van der Waals surface area contributed by atoms with E-state index in [0.29, 0.717) is 60.1 Å². The van der Waals surface area contributed by atoms with Crippen LogP contribution in [0.2, 0.25) is 0 Å². The van der Waals surface area contributed by atoms with E-state index >= 15 is 0 Å². The second kappa shape index (κ2) is 12.1. The maximum Gasteiger partial charge on any atom is 0.267 e. The molecule has 222 valence electrons. The fraction of sp³-hybridized carbons (Fsp3) is 0.207. The van der Waals surface area contributed by atoms with Gasteiger partial charge < -0.3 is 14.5 Å². The van der Waals surface area contributed by atoms with E-state index in [2.05, 4.69) is 19.7 Å². The van der Waals surface area contributed by atoms with E-state index in [1.54, 1.807) is 17.0 Å². The van der Waals surface area contributed by atoms with Crippen LogP contribution >= 0.6 is 0 Å². The van der Waals surface area contributed by atoms with Crippen molar-refractivity contribution < 1.29 is 31.5 Å². The fourth-order valence-electron chi connectivity index (χ4n) is 4.61. The molecule has 3 heterocycles. The molecule has 2 aromatic carbocycles. The number of hydrogen-bond donors (Lipinski definition) is 1. The lowest BCUT2D eigenvalue weighted by atomic mass is 10.0. The average Bonchev–Trinajstić information content (AvgIpc) is 3.00. The first-order chi connectivity index (χ1) is 20.6. The van der Waals surface area contributed by atoms with Crippen molar-refractivity contribution in [1.82, 2.24) is 19.9 Å². The van der Waals surface area contributed by atoms with E-state index in [9.17, 15) is 26.8 Å². The Morgan fingerprint density at radius 3 is 2.42 bits per heavy atom. The number of aromatic nitrogens is 3. The van der Waals surface area contributed by atoms with Crippen molar-refractivity contribution in [1.29, 1.82) is 0 Å². The maximum atomic E-state index is 14.2. The summed E-state index contributed by atoms with van der Waals surface area (Å²) < 4.78 is 61.4. The summed E-state index contributed by atoms with van der Waals surface area (Å²) in [5, 5.41) is 0.697. The molecule has 2 aromatic heterocycles. The van der Waals surface area contributed by atoms with Gasteiger partial charge >= 0.3 is 0 Å². The minimum absolute atomic E-state index is 0.204. The summed E-state index contributed by atoms with van der Waals surface area (Å²) in [5.74, 6) is -1.94. The molecular weight excluding hydrogens is 582 g/mol. The van der Waals surface area contributed by atoms with Crippen LogP contribution in [-0.2, 0) is 19.6 Å². The van der Waals surface area contributed by atoms with Gasteiger partial charge in [0.15, 0.2) is 5.78 Å². The number of hydrogen-bond acceptors (Lipinski definition) is 9. The first-order valence-corrected chi connectivity index (χ1v) is 14.5. The third-order valence-electron chi connectivity index (χ3n) is 6.78. The molecule has 14 heteroatoms. The van der Waals surface area contributed by atoms with E-state index in [0.717, 1.165) is 12.1 Å². The third kappa shape index (κ3) is 6.43. The third-order valence-corrected chi connectivity index (χ3v) is 8.14. The summed E-state index contributed by atoms with van der Waals surface area (Å²) in [6, 6.07) is 9.17. The molecule has 0 saturated carbocycles. The molecule has 5 rings (SSSR count). The summed E-state index contributed by atoms with van der Waals surface area (Å²) in [6.07, 6.45) is 5.41. The number of pyridine rings is 1. The molecular formula is C29H26F2N6O5S. The van der Waals surface area contributed by atoms with E-state index in [1.165, 1.54) is 44.8 Å². The van der Waals surface area contributed by atoms with Gasteiger partial charge in [-0.1, -0.05) is 6.07 Å². The van der Waals surface area contributed by atoms with Gasteiger partial charge in [0, 0.05) is 55.5 Å². The van der Waals surface area contributed by atoms with Gasteiger partial charge in [-0.3, -0.25) is 14.3 Å². The molecule has 0 bridgehead atoms. The molecule has 1 aliphatic heterocycles. The number of carbonyl (C=O) groups excluding carboxylic acids is 2. The van der Waals surface area contributed by atoms with Crippen molar-refractivity contribution in [2.24, 2.45) is 0 Å². The van der Waals surface area contributed by atoms with E-state index in [-0.39, 0.29) is 22.5 Å². The van der Waals surface area contributed by atoms with Gasteiger partial charge in [0.05, 0.1) is 18.3 Å². The molecule has 1 fully saturated rings. The number of carbonyl (C=O) groups is 2. The van der Waals surface area contributed by atoms with Gasteiger partial charge in [-0.25, -0.2) is 32.2 Å². The van der Waals surface area contributed by atoms with Crippen LogP contribution in [0.4, 0.5) is 20.3 Å². The summed E-state index contributed by atoms with van der Waals surface area (Å²) in [4.78, 5) is 39.9. The number of halogens is 2. The Hall–Kier alpha value is -4.98.